The van der Waals surface area contributed by atoms with E-state index < -0.39 is 0 Å². The average Bonchev–Trinajstić information content (AvgIpc) is 2.99. The van der Waals surface area contributed by atoms with Gasteiger partial charge in [0.2, 0.25) is 0 Å². The van der Waals surface area contributed by atoms with Gasteiger partial charge >= 0.3 is 0 Å². The van der Waals surface area contributed by atoms with Crippen molar-refractivity contribution in [3.05, 3.63) is 36.0 Å². The zero-order valence-electron chi connectivity index (χ0n) is 14.2. The first kappa shape index (κ1) is 15.9. The maximum Gasteiger partial charge on any atom is 0.191 e. The van der Waals surface area contributed by atoms with Crippen LogP contribution in [0.3, 0.4) is 0 Å². The van der Waals surface area contributed by atoms with Crippen LogP contribution in [0.15, 0.2) is 35.5 Å². The van der Waals surface area contributed by atoms with Crippen molar-refractivity contribution in [1.29, 1.82) is 0 Å². The minimum atomic E-state index is 0.575. The van der Waals surface area contributed by atoms with E-state index in [1.165, 1.54) is 42.1 Å². The molecule has 0 spiro atoms. The van der Waals surface area contributed by atoms with Crippen molar-refractivity contribution in [3.63, 3.8) is 0 Å². The Hall–Kier alpha value is -1.97. The van der Waals surface area contributed by atoms with Crippen molar-refractivity contribution >= 4 is 16.9 Å². The molecule has 124 valence electrons. The van der Waals surface area contributed by atoms with Crippen molar-refractivity contribution in [3.8, 4) is 0 Å². The molecule has 3 N–H and O–H groups in total. The number of aliphatic imine (C=N–C) groups is 1. The standard InChI is InChI=1S/C19H28N4/c1-14-7-9-16(10-8-14)23-19(20-2)21-12-11-15-13-22-18-6-4-3-5-17(15)18/h3-6,13-14,16,22H,7-12H2,1-2H3,(H2,20,21,23). The monoisotopic (exact) mass is 312 g/mol. The Morgan fingerprint density at radius 1 is 1.22 bits per heavy atom. The number of hydrogen-bond acceptors (Lipinski definition) is 1. The van der Waals surface area contributed by atoms with Gasteiger partial charge in [0, 0.05) is 36.7 Å². The molecule has 1 aromatic carbocycles. The summed E-state index contributed by atoms with van der Waals surface area (Å²) in [5, 5.41) is 8.35. The van der Waals surface area contributed by atoms with Gasteiger partial charge in [0.15, 0.2) is 5.96 Å². The Bertz CT molecular complexity index is 650. The van der Waals surface area contributed by atoms with Crippen LogP contribution in [0.4, 0.5) is 0 Å². The van der Waals surface area contributed by atoms with Crippen LogP contribution in [0.25, 0.3) is 10.9 Å². The molecule has 1 saturated carbocycles. The molecule has 4 heteroatoms. The van der Waals surface area contributed by atoms with E-state index in [2.05, 4.69) is 58.0 Å². The smallest absolute Gasteiger partial charge is 0.191 e. The van der Waals surface area contributed by atoms with E-state index in [1.54, 1.807) is 0 Å². The number of aromatic nitrogens is 1. The quantitative estimate of drug-likeness (QED) is 0.598. The van der Waals surface area contributed by atoms with Gasteiger partial charge < -0.3 is 15.6 Å². The van der Waals surface area contributed by atoms with E-state index in [1.807, 2.05) is 7.05 Å². The Balaban J connectivity index is 1.49. The van der Waals surface area contributed by atoms with E-state index >= 15 is 0 Å². The zero-order chi connectivity index (χ0) is 16.1. The SMILES string of the molecule is CN=C(NCCc1c[nH]c2ccccc12)NC1CCC(C)CC1. The summed E-state index contributed by atoms with van der Waals surface area (Å²) in [6, 6.07) is 9.04. The minimum Gasteiger partial charge on any atom is -0.361 e. The molecule has 4 nitrogen and oxygen atoms in total. The van der Waals surface area contributed by atoms with Gasteiger partial charge in [-0.3, -0.25) is 4.99 Å². The number of para-hydroxylation sites is 1. The summed E-state index contributed by atoms with van der Waals surface area (Å²) in [6.07, 6.45) is 8.26. The number of nitrogens with one attached hydrogen (secondary N) is 3. The van der Waals surface area contributed by atoms with Crippen molar-refractivity contribution in [2.45, 2.75) is 45.1 Å². The Labute approximate surface area is 138 Å². The van der Waals surface area contributed by atoms with Gasteiger partial charge in [-0.15, -0.1) is 0 Å². The number of H-pyrrole nitrogens is 1. The van der Waals surface area contributed by atoms with Crippen molar-refractivity contribution in [1.82, 2.24) is 15.6 Å². The summed E-state index contributed by atoms with van der Waals surface area (Å²) >= 11 is 0. The highest BCUT2D eigenvalue weighted by Gasteiger charge is 2.18. The third kappa shape index (κ3) is 4.06. The lowest BCUT2D eigenvalue weighted by molar-refractivity contribution is 0.329. The van der Waals surface area contributed by atoms with E-state index in [9.17, 15) is 0 Å². The van der Waals surface area contributed by atoms with Crippen molar-refractivity contribution in [2.75, 3.05) is 13.6 Å². The molecule has 3 rings (SSSR count). The highest BCUT2D eigenvalue weighted by molar-refractivity contribution is 5.83. The predicted octanol–water partition coefficient (Wildman–Crippen LogP) is 3.45. The average molecular weight is 312 g/mol. The van der Waals surface area contributed by atoms with Crippen LogP contribution < -0.4 is 10.6 Å². The van der Waals surface area contributed by atoms with E-state index in [0.29, 0.717) is 6.04 Å². The molecule has 0 unspecified atom stereocenters. The Morgan fingerprint density at radius 3 is 2.78 bits per heavy atom. The normalized spacial score (nSPS) is 22.3. The lowest BCUT2D eigenvalue weighted by Gasteiger charge is -2.28. The number of hydrogen-bond donors (Lipinski definition) is 3. The third-order valence-corrected chi connectivity index (χ3v) is 4.94. The first-order chi connectivity index (χ1) is 11.3. The number of nitrogens with zero attached hydrogens (tertiary/aromatic N) is 1. The molecule has 0 radical (unpaired) electrons. The molecule has 1 fully saturated rings. The number of fused-ring (bicyclic) bond motifs is 1. The second kappa shape index (κ2) is 7.53. The second-order valence-corrected chi connectivity index (χ2v) is 6.71. The zero-order valence-corrected chi connectivity index (χ0v) is 14.2. The summed E-state index contributed by atoms with van der Waals surface area (Å²) in [5.41, 5.74) is 2.57. The molecule has 0 saturated heterocycles. The third-order valence-electron chi connectivity index (χ3n) is 4.94. The Kier molecular flexibility index (Phi) is 5.21. The lowest BCUT2D eigenvalue weighted by atomic mass is 9.87. The summed E-state index contributed by atoms with van der Waals surface area (Å²) < 4.78 is 0. The summed E-state index contributed by atoms with van der Waals surface area (Å²) in [6.45, 7) is 3.25. The highest BCUT2D eigenvalue weighted by Crippen LogP contribution is 2.23. The molecule has 1 aliphatic carbocycles. The lowest BCUT2D eigenvalue weighted by Crippen LogP contribution is -2.45. The molecule has 0 aliphatic heterocycles. The number of guanidine groups is 1. The fourth-order valence-electron chi connectivity index (χ4n) is 3.45. The van der Waals surface area contributed by atoms with Gasteiger partial charge in [-0.05, 0) is 49.7 Å². The Morgan fingerprint density at radius 2 is 2.00 bits per heavy atom. The first-order valence-electron chi connectivity index (χ1n) is 8.78. The summed E-state index contributed by atoms with van der Waals surface area (Å²) in [5.74, 6) is 1.81. The van der Waals surface area contributed by atoms with Crippen LogP contribution >= 0.6 is 0 Å². The molecule has 1 aliphatic rings. The molecule has 0 atom stereocenters. The van der Waals surface area contributed by atoms with Gasteiger partial charge in [0.25, 0.3) is 0 Å². The molecule has 0 amide bonds. The molecule has 1 aromatic heterocycles. The van der Waals surface area contributed by atoms with E-state index in [-0.39, 0.29) is 0 Å². The number of benzene rings is 1. The highest BCUT2D eigenvalue weighted by atomic mass is 15.2. The molecule has 0 bridgehead atoms. The summed E-state index contributed by atoms with van der Waals surface area (Å²) in [4.78, 5) is 7.71. The van der Waals surface area contributed by atoms with E-state index in [0.717, 1.165) is 24.8 Å². The molecule has 1 heterocycles. The van der Waals surface area contributed by atoms with Gasteiger partial charge in [-0.2, -0.15) is 0 Å². The topological polar surface area (TPSA) is 52.2 Å². The van der Waals surface area contributed by atoms with Crippen LogP contribution in [0.1, 0.15) is 38.2 Å². The minimum absolute atomic E-state index is 0.575. The van der Waals surface area contributed by atoms with Crippen LogP contribution in [-0.2, 0) is 6.42 Å². The first-order valence-corrected chi connectivity index (χ1v) is 8.78. The largest absolute Gasteiger partial charge is 0.361 e. The maximum absolute atomic E-state index is 4.37. The van der Waals surface area contributed by atoms with E-state index in [4.69, 9.17) is 0 Å². The van der Waals surface area contributed by atoms with Gasteiger partial charge in [0.05, 0.1) is 0 Å². The second-order valence-electron chi connectivity index (χ2n) is 6.71. The van der Waals surface area contributed by atoms with Crippen molar-refractivity contribution in [2.24, 2.45) is 10.9 Å². The predicted molar refractivity (Wildman–Crippen MR) is 97.9 cm³/mol. The fraction of sp³-hybridized carbons (Fsp3) is 0.526. The summed E-state index contributed by atoms with van der Waals surface area (Å²) in [7, 11) is 1.85. The maximum atomic E-state index is 4.37. The number of rotatable bonds is 4. The van der Waals surface area contributed by atoms with Gasteiger partial charge in [0.1, 0.15) is 0 Å². The van der Waals surface area contributed by atoms with Gasteiger partial charge in [-0.25, -0.2) is 0 Å². The van der Waals surface area contributed by atoms with Crippen LogP contribution in [-0.4, -0.2) is 30.6 Å². The van der Waals surface area contributed by atoms with Crippen LogP contribution in [0.2, 0.25) is 0 Å². The molecule has 2 aromatic rings. The molecular formula is C19H28N4. The fourth-order valence-corrected chi connectivity index (χ4v) is 3.45. The number of aromatic amines is 1. The molecular weight excluding hydrogens is 284 g/mol. The van der Waals surface area contributed by atoms with Crippen LogP contribution in [0.5, 0.6) is 0 Å². The van der Waals surface area contributed by atoms with Crippen LogP contribution in [0, 0.1) is 5.92 Å². The van der Waals surface area contributed by atoms with Gasteiger partial charge in [-0.1, -0.05) is 25.1 Å². The van der Waals surface area contributed by atoms with Crippen molar-refractivity contribution < 1.29 is 0 Å². The molecule has 23 heavy (non-hydrogen) atoms.